The summed E-state index contributed by atoms with van der Waals surface area (Å²) < 4.78 is 0. The minimum atomic E-state index is -0.939. The van der Waals surface area contributed by atoms with Gasteiger partial charge in [-0.3, -0.25) is 4.90 Å². The van der Waals surface area contributed by atoms with Gasteiger partial charge in [-0.2, -0.15) is 0 Å². The summed E-state index contributed by atoms with van der Waals surface area (Å²) in [6.45, 7) is 2.60. The fourth-order valence-electron chi connectivity index (χ4n) is 2.33. The van der Waals surface area contributed by atoms with E-state index in [-0.39, 0.29) is 6.10 Å². The average molecular weight is 261 g/mol. The molecule has 2 N–H and O–H groups in total. The molecule has 0 amide bonds. The second kappa shape index (κ2) is 6.50. The number of carboxylic acid groups (broad SMARTS) is 1. The smallest absolute Gasteiger partial charge is 0.328 e. The van der Waals surface area contributed by atoms with Crippen LogP contribution in [0.5, 0.6) is 0 Å². The number of aliphatic hydroxyl groups is 1. The van der Waals surface area contributed by atoms with E-state index in [1.807, 2.05) is 24.3 Å². The van der Waals surface area contributed by atoms with E-state index in [1.165, 1.54) is 5.56 Å². The van der Waals surface area contributed by atoms with Crippen LogP contribution in [-0.4, -0.2) is 40.3 Å². The molecular weight excluding hydrogens is 242 g/mol. The molecule has 4 nitrogen and oxygen atoms in total. The van der Waals surface area contributed by atoms with Crippen molar-refractivity contribution >= 4 is 12.0 Å². The van der Waals surface area contributed by atoms with Crippen LogP contribution in [0.3, 0.4) is 0 Å². The summed E-state index contributed by atoms with van der Waals surface area (Å²) in [5.41, 5.74) is 2.06. The van der Waals surface area contributed by atoms with Gasteiger partial charge in [0.15, 0.2) is 0 Å². The molecule has 1 aliphatic rings. The highest BCUT2D eigenvalue weighted by atomic mass is 16.4. The molecule has 2 rings (SSSR count). The van der Waals surface area contributed by atoms with Crippen molar-refractivity contribution < 1.29 is 15.0 Å². The highest BCUT2D eigenvalue weighted by Crippen LogP contribution is 2.14. The van der Waals surface area contributed by atoms with Gasteiger partial charge in [-0.1, -0.05) is 24.3 Å². The number of benzene rings is 1. The molecule has 1 aromatic rings. The Kier molecular flexibility index (Phi) is 4.71. The minimum Gasteiger partial charge on any atom is -0.478 e. The summed E-state index contributed by atoms with van der Waals surface area (Å²) in [7, 11) is 0. The predicted octanol–water partition coefficient (Wildman–Crippen LogP) is 1.74. The van der Waals surface area contributed by atoms with Crippen molar-refractivity contribution in [2.45, 2.75) is 25.5 Å². The highest BCUT2D eigenvalue weighted by Gasteiger charge is 2.17. The zero-order valence-electron chi connectivity index (χ0n) is 10.8. The van der Waals surface area contributed by atoms with Crippen LogP contribution in [0.1, 0.15) is 24.0 Å². The van der Waals surface area contributed by atoms with Gasteiger partial charge in [0, 0.05) is 19.2 Å². The molecule has 0 aromatic heterocycles. The molecule has 0 aliphatic carbocycles. The first kappa shape index (κ1) is 13.8. The van der Waals surface area contributed by atoms with E-state index in [2.05, 4.69) is 4.90 Å². The van der Waals surface area contributed by atoms with Crippen LogP contribution in [0.4, 0.5) is 0 Å². The van der Waals surface area contributed by atoms with Crippen molar-refractivity contribution in [3.05, 3.63) is 41.5 Å². The summed E-state index contributed by atoms with van der Waals surface area (Å²) in [5, 5.41) is 18.2. The number of carbonyl (C=O) groups is 1. The topological polar surface area (TPSA) is 60.8 Å². The molecular formula is C15H19NO3. The molecule has 1 saturated heterocycles. The molecule has 19 heavy (non-hydrogen) atoms. The van der Waals surface area contributed by atoms with Crippen molar-refractivity contribution in [1.82, 2.24) is 4.90 Å². The molecule has 4 heteroatoms. The predicted molar refractivity (Wildman–Crippen MR) is 73.6 cm³/mol. The molecule has 1 fully saturated rings. The lowest BCUT2D eigenvalue weighted by molar-refractivity contribution is -0.131. The third kappa shape index (κ3) is 4.50. The Morgan fingerprint density at radius 2 is 2.11 bits per heavy atom. The van der Waals surface area contributed by atoms with Gasteiger partial charge < -0.3 is 10.2 Å². The molecule has 102 valence electrons. The SMILES string of the molecule is O=C(O)C=Cc1ccc(CN2CCCC(O)C2)cc1. The number of aliphatic carboxylic acids is 1. The van der Waals surface area contributed by atoms with E-state index in [4.69, 9.17) is 5.11 Å². The lowest BCUT2D eigenvalue weighted by atomic mass is 10.1. The van der Waals surface area contributed by atoms with E-state index in [0.717, 1.165) is 44.1 Å². The summed E-state index contributed by atoms with van der Waals surface area (Å²) >= 11 is 0. The number of carboxylic acids is 1. The van der Waals surface area contributed by atoms with Gasteiger partial charge in [0.25, 0.3) is 0 Å². The second-order valence-corrected chi connectivity index (χ2v) is 4.94. The van der Waals surface area contributed by atoms with Crippen molar-refractivity contribution in [1.29, 1.82) is 0 Å². The van der Waals surface area contributed by atoms with E-state index >= 15 is 0 Å². The van der Waals surface area contributed by atoms with Crippen molar-refractivity contribution in [2.24, 2.45) is 0 Å². The number of piperidine rings is 1. The third-order valence-electron chi connectivity index (χ3n) is 3.28. The number of hydrogen-bond acceptors (Lipinski definition) is 3. The van der Waals surface area contributed by atoms with Crippen LogP contribution in [0.2, 0.25) is 0 Å². The number of likely N-dealkylation sites (tertiary alicyclic amines) is 1. The van der Waals surface area contributed by atoms with Gasteiger partial charge in [-0.25, -0.2) is 4.79 Å². The first-order valence-electron chi connectivity index (χ1n) is 6.54. The Balaban J connectivity index is 1.93. The van der Waals surface area contributed by atoms with Crippen LogP contribution < -0.4 is 0 Å². The maximum atomic E-state index is 10.4. The van der Waals surface area contributed by atoms with Gasteiger partial charge >= 0.3 is 5.97 Å². The molecule has 0 radical (unpaired) electrons. The molecule has 0 bridgehead atoms. The molecule has 0 spiro atoms. The normalized spacial score (nSPS) is 20.8. The van der Waals surface area contributed by atoms with Crippen LogP contribution in [0.15, 0.2) is 30.3 Å². The van der Waals surface area contributed by atoms with Gasteiger partial charge in [0.05, 0.1) is 6.10 Å². The molecule has 1 unspecified atom stereocenters. The number of rotatable bonds is 4. The molecule has 1 aromatic carbocycles. The number of nitrogens with zero attached hydrogens (tertiary/aromatic N) is 1. The zero-order valence-corrected chi connectivity index (χ0v) is 10.8. The standard InChI is InChI=1S/C15H19NO3/c17-14-2-1-9-16(11-14)10-13-5-3-12(4-6-13)7-8-15(18)19/h3-8,14,17H,1-2,9-11H2,(H,18,19). The number of aliphatic hydroxyl groups excluding tert-OH is 1. The van der Waals surface area contributed by atoms with E-state index < -0.39 is 5.97 Å². The van der Waals surface area contributed by atoms with E-state index in [9.17, 15) is 9.90 Å². The molecule has 1 atom stereocenters. The Bertz CT molecular complexity index is 453. The highest BCUT2D eigenvalue weighted by molar-refractivity contribution is 5.85. The van der Waals surface area contributed by atoms with Gasteiger partial charge in [-0.05, 0) is 36.6 Å². The molecule has 0 saturated carbocycles. The summed E-state index contributed by atoms with van der Waals surface area (Å²) in [5.74, 6) is -0.939. The van der Waals surface area contributed by atoms with Crippen LogP contribution in [0, 0.1) is 0 Å². The fourth-order valence-corrected chi connectivity index (χ4v) is 2.33. The minimum absolute atomic E-state index is 0.202. The average Bonchev–Trinajstić information content (AvgIpc) is 2.38. The maximum absolute atomic E-state index is 10.4. The van der Waals surface area contributed by atoms with E-state index in [0.29, 0.717) is 0 Å². The van der Waals surface area contributed by atoms with Gasteiger partial charge in [0.2, 0.25) is 0 Å². The first-order valence-corrected chi connectivity index (χ1v) is 6.54. The summed E-state index contributed by atoms with van der Waals surface area (Å²) in [6, 6.07) is 7.83. The number of hydrogen-bond donors (Lipinski definition) is 2. The monoisotopic (exact) mass is 261 g/mol. The second-order valence-electron chi connectivity index (χ2n) is 4.94. The lowest BCUT2D eigenvalue weighted by Crippen LogP contribution is -2.37. The molecule has 1 aliphatic heterocycles. The first-order chi connectivity index (χ1) is 9.13. The Hall–Kier alpha value is -1.65. The largest absolute Gasteiger partial charge is 0.478 e. The lowest BCUT2D eigenvalue weighted by Gasteiger charge is -2.29. The number of β-amino-alcohol motifs (C(OH)–C–C–N with tert-alkyl or cyclic N) is 1. The van der Waals surface area contributed by atoms with Crippen molar-refractivity contribution in [3.63, 3.8) is 0 Å². The van der Waals surface area contributed by atoms with E-state index in [1.54, 1.807) is 6.08 Å². The fraction of sp³-hybridized carbons (Fsp3) is 0.400. The van der Waals surface area contributed by atoms with Gasteiger partial charge in [0.1, 0.15) is 0 Å². The Morgan fingerprint density at radius 1 is 1.37 bits per heavy atom. The van der Waals surface area contributed by atoms with Crippen LogP contribution >= 0.6 is 0 Å². The van der Waals surface area contributed by atoms with Gasteiger partial charge in [-0.15, -0.1) is 0 Å². The third-order valence-corrected chi connectivity index (χ3v) is 3.28. The van der Waals surface area contributed by atoms with Crippen molar-refractivity contribution in [3.8, 4) is 0 Å². The zero-order chi connectivity index (χ0) is 13.7. The summed E-state index contributed by atoms with van der Waals surface area (Å²) in [4.78, 5) is 12.7. The van der Waals surface area contributed by atoms with Crippen LogP contribution in [0.25, 0.3) is 6.08 Å². The Morgan fingerprint density at radius 3 is 2.74 bits per heavy atom. The maximum Gasteiger partial charge on any atom is 0.328 e. The summed E-state index contributed by atoms with van der Waals surface area (Å²) in [6.07, 6.45) is 4.45. The quantitative estimate of drug-likeness (QED) is 0.810. The van der Waals surface area contributed by atoms with Crippen molar-refractivity contribution in [2.75, 3.05) is 13.1 Å². The Labute approximate surface area is 113 Å². The molecule has 1 heterocycles. The van der Waals surface area contributed by atoms with Crippen LogP contribution in [-0.2, 0) is 11.3 Å².